The van der Waals surface area contributed by atoms with E-state index in [-0.39, 0.29) is 52.4 Å². The summed E-state index contributed by atoms with van der Waals surface area (Å²) in [6.07, 6.45) is 0.840. The summed E-state index contributed by atoms with van der Waals surface area (Å²) < 4.78 is 15.0. The van der Waals surface area contributed by atoms with Crippen LogP contribution in [0.15, 0.2) is 15.3 Å². The van der Waals surface area contributed by atoms with E-state index in [1.165, 1.54) is 0 Å². The van der Waals surface area contributed by atoms with Gasteiger partial charge >= 0.3 is 18.2 Å². The summed E-state index contributed by atoms with van der Waals surface area (Å²) >= 11 is 0. The van der Waals surface area contributed by atoms with Gasteiger partial charge in [-0.15, -0.1) is 0 Å². The number of nitrogens with one attached hydrogen (secondary N) is 2. The van der Waals surface area contributed by atoms with Gasteiger partial charge in [-0.05, 0) is 55.1 Å². The van der Waals surface area contributed by atoms with Crippen molar-refractivity contribution in [3.63, 3.8) is 0 Å². The number of carbonyl (C=O) groups is 3. The maximum absolute atomic E-state index is 12.3. The Balaban J connectivity index is 4.38. The van der Waals surface area contributed by atoms with Crippen molar-refractivity contribution in [1.29, 1.82) is 0 Å². The molecule has 0 aromatic carbocycles. The number of ether oxygens (including phenoxy) is 3. The molecule has 17 heteroatoms. The van der Waals surface area contributed by atoms with Gasteiger partial charge in [-0.25, -0.2) is 14.4 Å². The van der Waals surface area contributed by atoms with Gasteiger partial charge in [0.05, 0.1) is 19.8 Å². The smallest absolute Gasteiger partial charge is 0.407 e. The van der Waals surface area contributed by atoms with Crippen molar-refractivity contribution in [2.24, 2.45) is 15.3 Å². The van der Waals surface area contributed by atoms with Gasteiger partial charge in [-0.3, -0.25) is 0 Å². The second kappa shape index (κ2) is 22.1. The number of azide groups is 3. The SMILES string of the molecule is [N-]=[N+]=NCCCOC(=O)NCCCC[C@H](NC(=O)OCCCN=[N+]=[N-])C(=O)OCCCN=[N+]=[N-]. The van der Waals surface area contributed by atoms with Crippen LogP contribution in [0.25, 0.3) is 31.3 Å². The number of nitrogens with zero attached hydrogens (tertiary/aromatic N) is 9. The highest BCUT2D eigenvalue weighted by Crippen LogP contribution is 2.05. The third-order valence-corrected chi connectivity index (χ3v) is 3.87. The van der Waals surface area contributed by atoms with Crippen LogP contribution in [0.5, 0.6) is 0 Å². The van der Waals surface area contributed by atoms with Crippen LogP contribution in [0, 0.1) is 0 Å². The number of esters is 1. The number of hydrogen-bond donors (Lipinski definition) is 2. The van der Waals surface area contributed by atoms with Crippen LogP contribution in [0.3, 0.4) is 0 Å². The number of unbranched alkanes of at least 4 members (excludes halogenated alkanes) is 1. The Kier molecular flexibility index (Phi) is 19.5. The summed E-state index contributed by atoms with van der Waals surface area (Å²) in [6.45, 7) is 1.00. The predicted molar refractivity (Wildman–Crippen MR) is 118 cm³/mol. The maximum atomic E-state index is 12.3. The lowest BCUT2D eigenvalue weighted by molar-refractivity contribution is -0.146. The Morgan fingerprint density at radius 1 is 0.706 bits per heavy atom. The molecule has 0 aromatic rings. The molecule has 0 aliphatic rings. The minimum Gasteiger partial charge on any atom is -0.464 e. The molecule has 0 rings (SSSR count). The molecular weight excluding hydrogens is 454 g/mol. The highest BCUT2D eigenvalue weighted by atomic mass is 16.6. The molecule has 0 heterocycles. The molecule has 0 saturated heterocycles. The summed E-state index contributed by atoms with van der Waals surface area (Å²) in [5.74, 6) is -0.667. The van der Waals surface area contributed by atoms with Gasteiger partial charge in [-0.1, -0.05) is 15.3 Å². The Labute approximate surface area is 195 Å². The summed E-state index contributed by atoms with van der Waals surface area (Å²) in [7, 11) is 0. The molecule has 0 fully saturated rings. The molecule has 1 atom stereocenters. The van der Waals surface area contributed by atoms with E-state index in [1.807, 2.05) is 0 Å². The average molecular weight is 483 g/mol. The van der Waals surface area contributed by atoms with E-state index in [9.17, 15) is 14.4 Å². The largest absolute Gasteiger partial charge is 0.464 e. The molecule has 34 heavy (non-hydrogen) atoms. The first-order valence-electron chi connectivity index (χ1n) is 10.6. The zero-order chi connectivity index (χ0) is 25.3. The van der Waals surface area contributed by atoms with Crippen LogP contribution in [0.1, 0.15) is 38.5 Å². The fourth-order valence-electron chi connectivity index (χ4n) is 2.29. The molecule has 0 aromatic heterocycles. The van der Waals surface area contributed by atoms with Crippen LogP contribution >= 0.6 is 0 Å². The minimum atomic E-state index is -0.975. The van der Waals surface area contributed by atoms with E-state index >= 15 is 0 Å². The fourth-order valence-corrected chi connectivity index (χ4v) is 2.29. The van der Waals surface area contributed by atoms with Gasteiger partial charge in [0.1, 0.15) is 6.04 Å². The highest BCUT2D eigenvalue weighted by Gasteiger charge is 2.22. The Morgan fingerprint density at radius 3 is 1.74 bits per heavy atom. The summed E-state index contributed by atoms with van der Waals surface area (Å²) in [6, 6.07) is -0.975. The van der Waals surface area contributed by atoms with Gasteiger partial charge in [0.2, 0.25) is 0 Å². The quantitative estimate of drug-likeness (QED) is 0.0692. The van der Waals surface area contributed by atoms with Crippen LogP contribution in [-0.4, -0.2) is 70.2 Å². The molecule has 17 nitrogen and oxygen atoms in total. The van der Waals surface area contributed by atoms with Gasteiger partial charge in [0.25, 0.3) is 0 Å². The van der Waals surface area contributed by atoms with Gasteiger partial charge < -0.3 is 24.8 Å². The number of alkyl carbamates (subject to hydrolysis) is 2. The first-order chi connectivity index (χ1) is 16.5. The number of hydrogen-bond acceptors (Lipinski definition) is 9. The van der Waals surface area contributed by atoms with E-state index in [1.54, 1.807) is 0 Å². The molecule has 2 amide bonds. The van der Waals surface area contributed by atoms with Gasteiger partial charge in [0.15, 0.2) is 0 Å². The normalized spacial score (nSPS) is 10.4. The van der Waals surface area contributed by atoms with Crippen LogP contribution in [-0.2, 0) is 19.0 Å². The lowest BCUT2D eigenvalue weighted by Crippen LogP contribution is -2.42. The van der Waals surface area contributed by atoms with Crippen molar-refractivity contribution in [3.8, 4) is 0 Å². The number of amides is 2. The van der Waals surface area contributed by atoms with Crippen molar-refractivity contribution in [3.05, 3.63) is 31.3 Å². The molecule has 188 valence electrons. The topological polar surface area (TPSA) is 249 Å². The third kappa shape index (κ3) is 18.7. The van der Waals surface area contributed by atoms with Crippen LogP contribution < -0.4 is 10.6 Å². The Hall–Kier alpha value is -4.06. The van der Waals surface area contributed by atoms with Crippen molar-refractivity contribution in [2.45, 2.75) is 44.6 Å². The molecule has 0 bridgehead atoms. The Morgan fingerprint density at radius 2 is 1.21 bits per heavy atom. The molecule has 2 N–H and O–H groups in total. The zero-order valence-electron chi connectivity index (χ0n) is 18.7. The number of rotatable bonds is 19. The molecule has 0 aliphatic heterocycles. The predicted octanol–water partition coefficient (Wildman–Crippen LogP) is 3.62. The molecule has 0 unspecified atom stereocenters. The summed E-state index contributed by atoms with van der Waals surface area (Å²) in [4.78, 5) is 43.6. The Bertz CT molecular complexity index is 761. The molecular formula is C17H29N11O6. The van der Waals surface area contributed by atoms with Gasteiger partial charge in [0, 0.05) is 40.9 Å². The summed E-state index contributed by atoms with van der Waals surface area (Å²) in [5.41, 5.74) is 24.6. The van der Waals surface area contributed by atoms with E-state index in [0.717, 1.165) is 0 Å². The van der Waals surface area contributed by atoms with Crippen molar-refractivity contribution >= 4 is 18.2 Å². The van der Waals surface area contributed by atoms with Crippen molar-refractivity contribution < 1.29 is 28.6 Å². The monoisotopic (exact) mass is 483 g/mol. The van der Waals surface area contributed by atoms with E-state index in [0.29, 0.717) is 32.1 Å². The third-order valence-electron chi connectivity index (χ3n) is 3.87. The minimum absolute atomic E-state index is 0.00762. The zero-order valence-corrected chi connectivity index (χ0v) is 18.7. The summed E-state index contributed by atoms with van der Waals surface area (Å²) in [5, 5.41) is 15.0. The molecule has 0 saturated carbocycles. The molecule has 0 aliphatic carbocycles. The van der Waals surface area contributed by atoms with Crippen molar-refractivity contribution in [2.75, 3.05) is 46.0 Å². The standard InChI is InChI=1S/C17H29N11O6/c18-26-22-8-3-11-32-15(29)14(25-17(31)34-13-5-10-24-28-20)6-1-2-7-21-16(30)33-12-4-9-23-27-19/h14H,1-13H2,(H,21,30)(H,25,31)/t14-/m0/s1. The maximum Gasteiger partial charge on any atom is 0.407 e. The van der Waals surface area contributed by atoms with Gasteiger partial charge in [-0.2, -0.15) is 0 Å². The van der Waals surface area contributed by atoms with E-state index in [4.69, 9.17) is 30.8 Å². The van der Waals surface area contributed by atoms with E-state index in [2.05, 4.69) is 40.7 Å². The second-order valence-corrected chi connectivity index (χ2v) is 6.48. The lowest BCUT2D eigenvalue weighted by Gasteiger charge is -2.17. The van der Waals surface area contributed by atoms with Crippen LogP contribution in [0.2, 0.25) is 0 Å². The molecule has 0 radical (unpaired) electrons. The van der Waals surface area contributed by atoms with Crippen LogP contribution in [0.4, 0.5) is 9.59 Å². The number of carbonyl (C=O) groups excluding carboxylic acids is 3. The molecule has 0 spiro atoms. The fraction of sp³-hybridized carbons (Fsp3) is 0.824. The van der Waals surface area contributed by atoms with Crippen molar-refractivity contribution in [1.82, 2.24) is 10.6 Å². The highest BCUT2D eigenvalue weighted by molar-refractivity contribution is 5.81. The lowest BCUT2D eigenvalue weighted by atomic mass is 10.1. The first kappa shape index (κ1) is 29.9. The first-order valence-corrected chi connectivity index (χ1v) is 10.6. The second-order valence-electron chi connectivity index (χ2n) is 6.48. The average Bonchev–Trinajstić information content (AvgIpc) is 2.82. The van der Waals surface area contributed by atoms with E-state index < -0.39 is 24.2 Å².